The van der Waals surface area contributed by atoms with E-state index >= 15 is 0 Å². The molecule has 0 spiro atoms. The number of fused-ring (bicyclic) bond motifs is 1. The van der Waals surface area contributed by atoms with Gasteiger partial charge in [-0.1, -0.05) is 35.5 Å². The van der Waals surface area contributed by atoms with Gasteiger partial charge in [-0.3, -0.25) is 0 Å². The van der Waals surface area contributed by atoms with Crippen LogP contribution >= 0.6 is 11.6 Å². The molecule has 0 atom stereocenters. The maximum Gasteiger partial charge on any atom is 2.00 e. The smallest absolute Gasteiger partial charge is 1.00 e. The van der Waals surface area contributed by atoms with Crippen LogP contribution in [0.25, 0.3) is 10.8 Å². The molecule has 0 aliphatic heterocycles. The van der Waals surface area contributed by atoms with Crippen molar-refractivity contribution < 1.29 is 12.4 Å². The average Bonchev–Trinajstić information content (AvgIpc) is 2.17. The third-order valence-corrected chi connectivity index (χ3v) is 2.18. The molecule has 0 N–H and O–H groups in total. The maximum atomic E-state index is 5.68. The van der Waals surface area contributed by atoms with E-state index in [1.54, 1.807) is 5.88 Å². The molecule has 2 aromatic carbocycles. The Morgan fingerprint density at radius 1 is 0.929 bits per heavy atom. The molecule has 0 unspecified atom stereocenters. The van der Waals surface area contributed by atoms with Gasteiger partial charge in [-0.15, -0.1) is 17.5 Å². The van der Waals surface area contributed by atoms with Crippen LogP contribution in [0, 0.1) is 5.88 Å². The second-order valence-corrected chi connectivity index (χ2v) is 2.90. The number of hydrogen-bond donors (Lipinski definition) is 0. The van der Waals surface area contributed by atoms with Gasteiger partial charge in [0.15, 0.2) is 0 Å². The van der Waals surface area contributed by atoms with Crippen molar-refractivity contribution in [2.75, 3.05) is 0 Å². The first-order chi connectivity index (χ1) is 5.92. The molecule has 0 aromatic heterocycles. The van der Waals surface area contributed by atoms with Crippen molar-refractivity contribution in [1.82, 2.24) is 0 Å². The minimum atomic E-state index is 0. The van der Waals surface area contributed by atoms with Gasteiger partial charge < -0.3 is 12.4 Å². The van der Waals surface area contributed by atoms with E-state index in [0.717, 1.165) is 5.56 Å². The molecule has 0 bridgehead atoms. The normalized spacial score (nSPS) is 8.64. The summed E-state index contributed by atoms with van der Waals surface area (Å²) in [4.78, 5) is 0. The summed E-state index contributed by atoms with van der Waals surface area (Å²) in [6.45, 7) is 0. The van der Waals surface area contributed by atoms with Crippen molar-refractivity contribution in [3.63, 3.8) is 0 Å². The second kappa shape index (κ2) is 6.41. The molecule has 0 aliphatic rings. The van der Waals surface area contributed by atoms with Crippen molar-refractivity contribution in [3.8, 4) is 0 Å². The molecule has 2 rings (SSSR count). The summed E-state index contributed by atoms with van der Waals surface area (Å²) in [5.74, 6) is 1.61. The van der Waals surface area contributed by atoms with Crippen molar-refractivity contribution in [3.05, 3.63) is 53.9 Å². The summed E-state index contributed by atoms with van der Waals surface area (Å²) in [6.07, 6.45) is 0. The number of rotatable bonds is 1. The molecule has 0 radical (unpaired) electrons. The summed E-state index contributed by atoms with van der Waals surface area (Å²) in [7, 11) is 0. The summed E-state index contributed by atoms with van der Waals surface area (Å²) in [5.41, 5.74) is 1.08. The van der Waals surface area contributed by atoms with E-state index in [0.29, 0.717) is 0 Å². The van der Waals surface area contributed by atoms with Gasteiger partial charge >= 0.3 is 23.1 Å². The van der Waals surface area contributed by atoms with E-state index in [4.69, 9.17) is 11.6 Å². The quantitative estimate of drug-likeness (QED) is 0.490. The van der Waals surface area contributed by atoms with Gasteiger partial charge in [0.25, 0.3) is 0 Å². The van der Waals surface area contributed by atoms with Crippen LogP contribution in [0.15, 0.2) is 42.5 Å². The molecule has 2 aromatic rings. The van der Waals surface area contributed by atoms with Crippen molar-refractivity contribution in [2.24, 2.45) is 0 Å². The van der Waals surface area contributed by atoms with Gasteiger partial charge in [0.1, 0.15) is 0 Å². The van der Waals surface area contributed by atoms with Crippen LogP contribution in [0.4, 0.5) is 0 Å². The molecule has 0 fully saturated rings. The largest absolute Gasteiger partial charge is 2.00 e. The Morgan fingerprint density at radius 3 is 2.29 bits per heavy atom. The maximum absolute atomic E-state index is 5.68. The topological polar surface area (TPSA) is 0 Å². The van der Waals surface area contributed by atoms with Crippen LogP contribution in [0.2, 0.25) is 0 Å². The van der Waals surface area contributed by atoms with Gasteiger partial charge in [-0.05, 0) is 0 Å². The van der Waals surface area contributed by atoms with Gasteiger partial charge in [-0.2, -0.15) is 23.2 Å². The Kier molecular flexibility index (Phi) is 6.37. The van der Waals surface area contributed by atoms with E-state index in [1.807, 2.05) is 24.3 Å². The number of benzene rings is 2. The van der Waals surface area contributed by atoms with Gasteiger partial charge in [0.2, 0.25) is 0 Å². The van der Waals surface area contributed by atoms with E-state index < -0.39 is 0 Å². The van der Waals surface area contributed by atoms with E-state index in [2.05, 4.69) is 18.2 Å². The van der Waals surface area contributed by atoms with Crippen LogP contribution in [0.1, 0.15) is 5.56 Å². The van der Waals surface area contributed by atoms with Crippen LogP contribution in [-0.4, -0.2) is 23.1 Å². The Labute approximate surface area is 111 Å². The second-order valence-electron chi connectivity index (χ2n) is 2.68. The molecule has 0 saturated carbocycles. The zero-order chi connectivity index (χ0) is 8.39. The first-order valence-corrected chi connectivity index (χ1v) is 4.26. The minimum Gasteiger partial charge on any atom is -1.00 e. The monoisotopic (exact) mass is 234 g/mol. The SMILES string of the molecule is Cl[CH-]c1cccc2ccccc12.[Cl-].[Mg+2]. The standard InChI is InChI=1S/C11H8Cl.ClH.Mg/c12-8-10-6-3-5-9-4-1-2-7-11(9)10;;/h1-8H;1H;/q-1;;+2/p-1. The van der Waals surface area contributed by atoms with Gasteiger partial charge in [-0.25, -0.2) is 0 Å². The van der Waals surface area contributed by atoms with E-state index in [-0.39, 0.29) is 35.5 Å². The predicted octanol–water partition coefficient (Wildman–Crippen LogP) is 0.212. The predicted molar refractivity (Wildman–Crippen MR) is 59.0 cm³/mol. The van der Waals surface area contributed by atoms with Crippen molar-refractivity contribution in [2.45, 2.75) is 0 Å². The Morgan fingerprint density at radius 2 is 1.57 bits per heavy atom. The molecular formula is C11H8Cl2Mg. The fourth-order valence-corrected chi connectivity index (χ4v) is 1.54. The van der Waals surface area contributed by atoms with E-state index in [9.17, 15) is 0 Å². The van der Waals surface area contributed by atoms with Gasteiger partial charge in [0.05, 0.1) is 0 Å². The zero-order valence-corrected chi connectivity index (χ0v) is 10.5. The van der Waals surface area contributed by atoms with Crippen LogP contribution in [0.5, 0.6) is 0 Å². The Bertz CT molecular complexity index is 396. The Balaban J connectivity index is 0.000000845. The molecule has 0 aliphatic carbocycles. The minimum absolute atomic E-state index is 0. The average molecular weight is 235 g/mol. The molecule has 0 heterocycles. The molecule has 68 valence electrons. The summed E-state index contributed by atoms with van der Waals surface area (Å²) in [6, 6.07) is 14.3. The zero-order valence-electron chi connectivity index (χ0n) is 7.58. The Hall–Kier alpha value is -0.0838. The van der Waals surface area contributed by atoms with Crippen LogP contribution in [0.3, 0.4) is 0 Å². The summed E-state index contributed by atoms with van der Waals surface area (Å²) < 4.78 is 0. The molecule has 3 heteroatoms. The number of halogens is 2. The van der Waals surface area contributed by atoms with Crippen molar-refractivity contribution in [1.29, 1.82) is 0 Å². The van der Waals surface area contributed by atoms with Crippen LogP contribution in [-0.2, 0) is 0 Å². The van der Waals surface area contributed by atoms with E-state index in [1.165, 1.54) is 10.8 Å². The number of hydrogen-bond acceptors (Lipinski definition) is 0. The third-order valence-electron chi connectivity index (χ3n) is 1.94. The van der Waals surface area contributed by atoms with Crippen LogP contribution < -0.4 is 12.4 Å². The van der Waals surface area contributed by atoms with Crippen molar-refractivity contribution >= 4 is 45.4 Å². The molecule has 0 nitrogen and oxygen atoms in total. The molecule has 14 heavy (non-hydrogen) atoms. The molecular weight excluding hydrogens is 227 g/mol. The fraction of sp³-hybridized carbons (Fsp3) is 0. The fourth-order valence-electron chi connectivity index (χ4n) is 1.35. The third kappa shape index (κ3) is 2.70. The van der Waals surface area contributed by atoms with Gasteiger partial charge in [0, 0.05) is 0 Å². The molecule has 0 saturated heterocycles. The first-order valence-electron chi connectivity index (χ1n) is 3.83. The summed E-state index contributed by atoms with van der Waals surface area (Å²) >= 11 is 5.68. The summed E-state index contributed by atoms with van der Waals surface area (Å²) in [5, 5.41) is 2.43. The first kappa shape index (κ1) is 13.9. The molecule has 0 amide bonds.